The fourth-order valence-electron chi connectivity index (χ4n) is 2.51. The monoisotopic (exact) mass is 427 g/mol. The number of halogens is 1. The van der Waals surface area contributed by atoms with Crippen molar-refractivity contribution in [2.24, 2.45) is 5.10 Å². The van der Waals surface area contributed by atoms with E-state index in [2.05, 4.69) is 46.6 Å². The minimum Gasteiger partial charge on any atom is -0.507 e. The number of fused-ring (bicyclic) bond motifs is 3. The number of aromatic hydroxyl groups is 1. The standard InChI is InChI=1S/C16H10BrN7O3/c17-9-1-3-12-11(6-9)14-15(19-12)20-16(23-21-14)22-18-7-8-5-10(24(26)27)2-4-13(8)25/h1-7,25H,(H2,19,20,22,23)/b18-7-. The molecule has 0 bridgehead atoms. The summed E-state index contributed by atoms with van der Waals surface area (Å²) in [6.07, 6.45) is 1.23. The Kier molecular flexibility index (Phi) is 4.12. The molecule has 0 amide bonds. The van der Waals surface area contributed by atoms with Gasteiger partial charge in [0, 0.05) is 33.1 Å². The molecule has 27 heavy (non-hydrogen) atoms. The SMILES string of the molecule is O=[N+]([O-])c1ccc(O)c(/C=N\Nc2nnc3c(n2)[nH]c2ccc(Br)cc23)c1. The van der Waals surface area contributed by atoms with Crippen LogP contribution in [0, 0.1) is 10.1 Å². The predicted octanol–water partition coefficient (Wildman–Crippen LogP) is 3.33. The highest BCUT2D eigenvalue weighted by Crippen LogP contribution is 2.25. The molecule has 0 saturated carbocycles. The van der Waals surface area contributed by atoms with Crippen LogP contribution in [0.2, 0.25) is 0 Å². The summed E-state index contributed by atoms with van der Waals surface area (Å²) in [5.41, 5.74) is 4.65. The minimum absolute atomic E-state index is 0.134. The van der Waals surface area contributed by atoms with Crippen molar-refractivity contribution in [3.8, 4) is 5.75 Å². The van der Waals surface area contributed by atoms with Gasteiger partial charge in [-0.2, -0.15) is 10.1 Å². The van der Waals surface area contributed by atoms with Gasteiger partial charge < -0.3 is 10.1 Å². The van der Waals surface area contributed by atoms with Crippen molar-refractivity contribution in [2.45, 2.75) is 0 Å². The van der Waals surface area contributed by atoms with Crippen LogP contribution in [-0.4, -0.2) is 36.4 Å². The molecule has 2 aromatic carbocycles. The predicted molar refractivity (Wildman–Crippen MR) is 103 cm³/mol. The van der Waals surface area contributed by atoms with Gasteiger partial charge in [-0.1, -0.05) is 15.9 Å². The number of phenolic OH excluding ortho intramolecular Hbond substituents is 1. The molecule has 2 aromatic heterocycles. The van der Waals surface area contributed by atoms with E-state index in [-0.39, 0.29) is 22.9 Å². The molecular formula is C16H10BrN7O3. The van der Waals surface area contributed by atoms with E-state index < -0.39 is 4.92 Å². The third-order valence-electron chi connectivity index (χ3n) is 3.77. The highest BCUT2D eigenvalue weighted by Gasteiger charge is 2.10. The van der Waals surface area contributed by atoms with Gasteiger partial charge >= 0.3 is 0 Å². The van der Waals surface area contributed by atoms with E-state index in [4.69, 9.17) is 0 Å². The Bertz CT molecular complexity index is 1220. The maximum Gasteiger partial charge on any atom is 0.270 e. The molecule has 3 N–H and O–H groups in total. The Hall–Kier alpha value is -3.60. The quantitative estimate of drug-likeness (QED) is 0.257. The molecule has 2 heterocycles. The van der Waals surface area contributed by atoms with Crippen LogP contribution >= 0.6 is 15.9 Å². The van der Waals surface area contributed by atoms with E-state index in [0.717, 1.165) is 15.4 Å². The molecule has 0 aliphatic carbocycles. The summed E-state index contributed by atoms with van der Waals surface area (Å²) in [6.45, 7) is 0. The number of hydrogen-bond donors (Lipinski definition) is 3. The number of anilines is 1. The van der Waals surface area contributed by atoms with E-state index in [0.29, 0.717) is 11.2 Å². The number of nitrogens with zero attached hydrogens (tertiary/aromatic N) is 5. The van der Waals surface area contributed by atoms with Gasteiger partial charge in [-0.3, -0.25) is 10.1 Å². The van der Waals surface area contributed by atoms with Gasteiger partial charge in [0.25, 0.3) is 11.6 Å². The number of benzene rings is 2. The van der Waals surface area contributed by atoms with Crippen LogP contribution in [0.3, 0.4) is 0 Å². The number of non-ortho nitro benzene ring substituents is 1. The number of nitro benzene ring substituents is 1. The summed E-state index contributed by atoms with van der Waals surface area (Å²) < 4.78 is 0.918. The van der Waals surface area contributed by atoms with Gasteiger partial charge in [-0.25, -0.2) is 5.43 Å². The van der Waals surface area contributed by atoms with Gasteiger partial charge in [0.15, 0.2) is 5.65 Å². The van der Waals surface area contributed by atoms with Crippen LogP contribution in [0.1, 0.15) is 5.56 Å². The van der Waals surface area contributed by atoms with Gasteiger partial charge in [0.05, 0.1) is 11.1 Å². The second-order valence-electron chi connectivity index (χ2n) is 5.52. The average molecular weight is 428 g/mol. The first-order chi connectivity index (χ1) is 13.0. The fraction of sp³-hybridized carbons (Fsp3) is 0. The molecule has 10 nitrogen and oxygen atoms in total. The first kappa shape index (κ1) is 16.8. The van der Waals surface area contributed by atoms with Gasteiger partial charge in [0.1, 0.15) is 11.3 Å². The number of phenols is 1. The van der Waals surface area contributed by atoms with Crippen LogP contribution in [0.25, 0.3) is 22.1 Å². The Balaban J connectivity index is 1.60. The van der Waals surface area contributed by atoms with E-state index in [1.54, 1.807) is 0 Å². The number of aromatic nitrogens is 4. The summed E-state index contributed by atoms with van der Waals surface area (Å²) >= 11 is 3.42. The normalized spacial score (nSPS) is 11.4. The first-order valence-corrected chi connectivity index (χ1v) is 8.39. The van der Waals surface area contributed by atoms with Crippen LogP contribution in [0.5, 0.6) is 5.75 Å². The lowest BCUT2D eigenvalue weighted by Crippen LogP contribution is -1.99. The maximum absolute atomic E-state index is 10.8. The van der Waals surface area contributed by atoms with Crippen molar-refractivity contribution in [1.82, 2.24) is 20.2 Å². The lowest BCUT2D eigenvalue weighted by molar-refractivity contribution is -0.384. The molecular weight excluding hydrogens is 418 g/mol. The van der Waals surface area contributed by atoms with E-state index in [1.807, 2.05) is 18.2 Å². The summed E-state index contributed by atoms with van der Waals surface area (Å²) in [5.74, 6) is -0.00358. The molecule has 0 unspecified atom stereocenters. The highest BCUT2D eigenvalue weighted by atomic mass is 79.9. The molecule has 0 fully saturated rings. The Morgan fingerprint density at radius 1 is 1.26 bits per heavy atom. The van der Waals surface area contributed by atoms with Gasteiger partial charge in [-0.05, 0) is 24.3 Å². The van der Waals surface area contributed by atoms with Gasteiger partial charge in [-0.15, -0.1) is 10.2 Å². The van der Waals surface area contributed by atoms with Crippen molar-refractivity contribution >= 4 is 55.8 Å². The molecule has 0 radical (unpaired) electrons. The second kappa shape index (κ2) is 6.61. The van der Waals surface area contributed by atoms with Crippen LogP contribution in [-0.2, 0) is 0 Å². The molecule has 0 aliphatic rings. The molecule has 0 atom stereocenters. The van der Waals surface area contributed by atoms with Crippen molar-refractivity contribution in [3.05, 3.63) is 56.5 Å². The van der Waals surface area contributed by atoms with E-state index in [1.165, 1.54) is 24.4 Å². The maximum atomic E-state index is 10.8. The van der Waals surface area contributed by atoms with Crippen LogP contribution in [0.4, 0.5) is 11.6 Å². The number of hydrazone groups is 1. The Labute approximate surface area is 159 Å². The zero-order chi connectivity index (χ0) is 19.0. The number of nitro groups is 1. The molecule has 0 saturated heterocycles. The second-order valence-corrected chi connectivity index (χ2v) is 6.43. The number of nitrogens with one attached hydrogen (secondary N) is 2. The number of aromatic amines is 1. The highest BCUT2D eigenvalue weighted by molar-refractivity contribution is 9.10. The van der Waals surface area contributed by atoms with E-state index in [9.17, 15) is 15.2 Å². The summed E-state index contributed by atoms with van der Waals surface area (Å²) in [5, 5.41) is 33.5. The zero-order valence-corrected chi connectivity index (χ0v) is 15.0. The van der Waals surface area contributed by atoms with Crippen molar-refractivity contribution in [1.29, 1.82) is 0 Å². The minimum atomic E-state index is -0.556. The van der Waals surface area contributed by atoms with Crippen molar-refractivity contribution in [3.63, 3.8) is 0 Å². The fourth-order valence-corrected chi connectivity index (χ4v) is 2.87. The van der Waals surface area contributed by atoms with E-state index >= 15 is 0 Å². The molecule has 0 spiro atoms. The first-order valence-electron chi connectivity index (χ1n) is 7.59. The molecule has 4 rings (SSSR count). The summed E-state index contributed by atoms with van der Waals surface area (Å²) in [4.78, 5) is 17.7. The number of hydrogen-bond acceptors (Lipinski definition) is 8. The van der Waals surface area contributed by atoms with Crippen LogP contribution in [0.15, 0.2) is 46.0 Å². The molecule has 11 heteroatoms. The third kappa shape index (κ3) is 3.27. The summed E-state index contributed by atoms with van der Waals surface area (Å²) in [6, 6.07) is 9.36. The van der Waals surface area contributed by atoms with Crippen molar-refractivity contribution in [2.75, 3.05) is 5.43 Å². The lowest BCUT2D eigenvalue weighted by Gasteiger charge is -1.99. The molecule has 4 aromatic rings. The van der Waals surface area contributed by atoms with Crippen LogP contribution < -0.4 is 5.43 Å². The Morgan fingerprint density at radius 3 is 2.93 bits per heavy atom. The zero-order valence-electron chi connectivity index (χ0n) is 13.4. The Morgan fingerprint density at radius 2 is 2.11 bits per heavy atom. The largest absolute Gasteiger partial charge is 0.507 e. The number of rotatable bonds is 4. The van der Waals surface area contributed by atoms with Gasteiger partial charge in [0.2, 0.25) is 0 Å². The molecule has 0 aliphatic heterocycles. The lowest BCUT2D eigenvalue weighted by atomic mass is 10.2. The topological polar surface area (TPSA) is 142 Å². The molecule has 134 valence electrons. The smallest absolute Gasteiger partial charge is 0.270 e. The third-order valence-corrected chi connectivity index (χ3v) is 4.26. The number of H-pyrrole nitrogens is 1. The van der Waals surface area contributed by atoms with Crippen molar-refractivity contribution < 1.29 is 10.0 Å². The summed E-state index contributed by atoms with van der Waals surface area (Å²) in [7, 11) is 0. The average Bonchev–Trinajstić information content (AvgIpc) is 3.00.